The van der Waals surface area contributed by atoms with Crippen LogP contribution < -0.4 is 10.6 Å². The molecule has 0 bridgehead atoms. The quantitative estimate of drug-likeness (QED) is 0.808. The molecule has 2 heterocycles. The van der Waals surface area contributed by atoms with Gasteiger partial charge in [0.1, 0.15) is 0 Å². The third kappa shape index (κ3) is 2.85. The summed E-state index contributed by atoms with van der Waals surface area (Å²) in [5.41, 5.74) is 2.22. The first kappa shape index (κ1) is 12.5. The van der Waals surface area contributed by atoms with Crippen LogP contribution in [-0.2, 0) is 4.79 Å². The van der Waals surface area contributed by atoms with Gasteiger partial charge in [0.15, 0.2) is 0 Å². The van der Waals surface area contributed by atoms with Crippen LogP contribution in [0.25, 0.3) is 0 Å². The summed E-state index contributed by atoms with van der Waals surface area (Å²) in [6, 6.07) is 3.62. The van der Waals surface area contributed by atoms with Gasteiger partial charge in [-0.15, -0.1) is 0 Å². The molecule has 0 spiro atoms. The number of nitrogens with one attached hydrogen (secondary N) is 2. The van der Waals surface area contributed by atoms with E-state index in [-0.39, 0.29) is 17.9 Å². The normalized spacial score (nSPS) is 19.2. The summed E-state index contributed by atoms with van der Waals surface area (Å²) in [6.45, 7) is 4.22. The molecule has 0 saturated carbocycles. The molecule has 1 aliphatic rings. The number of piperidine rings is 1. The molecule has 2 amide bonds. The van der Waals surface area contributed by atoms with Crippen molar-refractivity contribution < 1.29 is 9.59 Å². The molecule has 1 aromatic rings. The molecule has 5 heteroatoms. The second kappa shape index (κ2) is 5.16. The number of aryl methyl sites for hydroxylation is 2. The maximum absolute atomic E-state index is 12.1. The van der Waals surface area contributed by atoms with Gasteiger partial charge >= 0.3 is 0 Å². The highest BCUT2D eigenvalue weighted by atomic mass is 16.2. The lowest BCUT2D eigenvalue weighted by molar-refractivity contribution is -0.122. The van der Waals surface area contributed by atoms with Crippen molar-refractivity contribution in [3.05, 3.63) is 29.1 Å². The zero-order valence-corrected chi connectivity index (χ0v) is 10.6. The van der Waals surface area contributed by atoms with E-state index in [9.17, 15) is 9.59 Å². The van der Waals surface area contributed by atoms with Crippen molar-refractivity contribution in [2.24, 2.45) is 0 Å². The minimum Gasteiger partial charge on any atom is -0.354 e. The molecule has 1 atom stereocenters. The largest absolute Gasteiger partial charge is 0.354 e. The zero-order valence-electron chi connectivity index (χ0n) is 10.6. The zero-order chi connectivity index (χ0) is 13.1. The Morgan fingerprint density at radius 2 is 2.22 bits per heavy atom. The first-order chi connectivity index (χ1) is 8.56. The van der Waals surface area contributed by atoms with Crippen LogP contribution in [0.3, 0.4) is 0 Å². The summed E-state index contributed by atoms with van der Waals surface area (Å²) >= 11 is 0. The molecule has 0 aromatic carbocycles. The number of hydrogen-bond donors (Lipinski definition) is 2. The lowest BCUT2D eigenvalue weighted by atomic mass is 10.1. The molecule has 0 aliphatic carbocycles. The molecule has 2 N–H and O–H groups in total. The summed E-state index contributed by atoms with van der Waals surface area (Å²) in [7, 11) is 0. The molecule has 18 heavy (non-hydrogen) atoms. The van der Waals surface area contributed by atoms with Crippen LogP contribution >= 0.6 is 0 Å². The number of carbonyl (C=O) groups is 2. The Balaban J connectivity index is 2.01. The molecule has 1 saturated heterocycles. The van der Waals surface area contributed by atoms with Crippen LogP contribution in [0.4, 0.5) is 0 Å². The Labute approximate surface area is 106 Å². The molecule has 1 fully saturated rings. The maximum atomic E-state index is 12.1. The molecule has 0 radical (unpaired) electrons. The number of carbonyl (C=O) groups excluding carboxylic acids is 2. The van der Waals surface area contributed by atoms with Gasteiger partial charge in [0.2, 0.25) is 5.91 Å². The van der Waals surface area contributed by atoms with E-state index in [0.29, 0.717) is 24.9 Å². The molecule has 1 unspecified atom stereocenters. The summed E-state index contributed by atoms with van der Waals surface area (Å²) in [5, 5.41) is 5.67. The molecular formula is C13H17N3O2. The Kier molecular flexibility index (Phi) is 3.60. The van der Waals surface area contributed by atoms with Gasteiger partial charge in [0.25, 0.3) is 5.91 Å². The highest BCUT2D eigenvalue weighted by Crippen LogP contribution is 2.08. The van der Waals surface area contributed by atoms with Crippen molar-refractivity contribution in [2.45, 2.75) is 32.7 Å². The standard InChI is InChI=1S/C13H17N3O2/c1-8-3-5-11(9(2)15-8)13(18)16-10-4-6-12(17)14-7-10/h3,5,10H,4,6-7H2,1-2H3,(H,14,17)(H,16,18). The van der Waals surface area contributed by atoms with Gasteiger partial charge < -0.3 is 10.6 Å². The molecule has 1 aliphatic heterocycles. The first-order valence-electron chi connectivity index (χ1n) is 6.08. The van der Waals surface area contributed by atoms with Crippen molar-refractivity contribution in [3.63, 3.8) is 0 Å². The minimum atomic E-state index is -0.124. The molecule has 5 nitrogen and oxygen atoms in total. The average Bonchev–Trinajstić information content (AvgIpc) is 2.32. The summed E-state index contributed by atoms with van der Waals surface area (Å²) in [5.74, 6) is -0.0742. The van der Waals surface area contributed by atoms with Gasteiger partial charge in [-0.1, -0.05) is 0 Å². The number of aromatic nitrogens is 1. The average molecular weight is 247 g/mol. The van der Waals surface area contributed by atoms with E-state index in [1.165, 1.54) is 0 Å². The summed E-state index contributed by atoms with van der Waals surface area (Å²) in [4.78, 5) is 27.4. The lowest BCUT2D eigenvalue weighted by Crippen LogP contribution is -2.47. The number of amides is 2. The van der Waals surface area contributed by atoms with E-state index >= 15 is 0 Å². The molecule has 2 rings (SSSR count). The van der Waals surface area contributed by atoms with Crippen molar-refractivity contribution in [2.75, 3.05) is 6.54 Å². The van der Waals surface area contributed by atoms with Crippen LogP contribution in [-0.4, -0.2) is 29.4 Å². The summed E-state index contributed by atoms with van der Waals surface area (Å²) in [6.07, 6.45) is 1.16. The van der Waals surface area contributed by atoms with Gasteiger partial charge in [-0.05, 0) is 32.4 Å². The van der Waals surface area contributed by atoms with Crippen LogP contribution in [0.2, 0.25) is 0 Å². The predicted molar refractivity (Wildman–Crippen MR) is 67.2 cm³/mol. The van der Waals surface area contributed by atoms with Crippen LogP contribution in [0.1, 0.15) is 34.6 Å². The van der Waals surface area contributed by atoms with Crippen molar-refractivity contribution in [1.29, 1.82) is 0 Å². The third-order valence-corrected chi connectivity index (χ3v) is 3.07. The van der Waals surface area contributed by atoms with Gasteiger partial charge in [-0.3, -0.25) is 14.6 Å². The van der Waals surface area contributed by atoms with E-state index in [0.717, 1.165) is 11.4 Å². The van der Waals surface area contributed by atoms with Crippen molar-refractivity contribution in [3.8, 4) is 0 Å². The SMILES string of the molecule is Cc1ccc(C(=O)NC2CCC(=O)NC2)c(C)n1. The van der Waals surface area contributed by atoms with E-state index in [4.69, 9.17) is 0 Å². The minimum absolute atomic E-state index is 0.0101. The second-order valence-corrected chi connectivity index (χ2v) is 4.60. The molecule has 1 aromatic heterocycles. The lowest BCUT2D eigenvalue weighted by Gasteiger charge is -2.23. The van der Waals surface area contributed by atoms with E-state index < -0.39 is 0 Å². The number of pyridine rings is 1. The van der Waals surface area contributed by atoms with Gasteiger partial charge in [-0.2, -0.15) is 0 Å². The first-order valence-corrected chi connectivity index (χ1v) is 6.08. The highest BCUT2D eigenvalue weighted by Gasteiger charge is 2.20. The smallest absolute Gasteiger partial charge is 0.253 e. The predicted octanol–water partition coefficient (Wildman–Crippen LogP) is 0.707. The fraction of sp³-hybridized carbons (Fsp3) is 0.462. The second-order valence-electron chi connectivity index (χ2n) is 4.60. The van der Waals surface area contributed by atoms with Crippen LogP contribution in [0.15, 0.2) is 12.1 Å². The third-order valence-electron chi connectivity index (χ3n) is 3.07. The fourth-order valence-corrected chi connectivity index (χ4v) is 2.05. The Morgan fingerprint density at radius 3 is 2.83 bits per heavy atom. The number of nitrogens with zero attached hydrogens (tertiary/aromatic N) is 1. The van der Waals surface area contributed by atoms with Crippen LogP contribution in [0.5, 0.6) is 0 Å². The van der Waals surface area contributed by atoms with Crippen molar-refractivity contribution >= 4 is 11.8 Å². The van der Waals surface area contributed by atoms with Crippen LogP contribution in [0, 0.1) is 13.8 Å². The van der Waals surface area contributed by atoms with E-state index in [2.05, 4.69) is 15.6 Å². The Hall–Kier alpha value is -1.91. The van der Waals surface area contributed by atoms with Gasteiger partial charge in [0.05, 0.1) is 11.3 Å². The topological polar surface area (TPSA) is 71.1 Å². The Morgan fingerprint density at radius 1 is 1.44 bits per heavy atom. The monoisotopic (exact) mass is 247 g/mol. The number of rotatable bonds is 2. The molecule has 96 valence electrons. The summed E-state index contributed by atoms with van der Waals surface area (Å²) < 4.78 is 0. The maximum Gasteiger partial charge on any atom is 0.253 e. The fourth-order valence-electron chi connectivity index (χ4n) is 2.05. The van der Waals surface area contributed by atoms with Gasteiger partial charge in [0, 0.05) is 24.7 Å². The Bertz CT molecular complexity index is 475. The highest BCUT2D eigenvalue weighted by molar-refractivity contribution is 5.95. The van der Waals surface area contributed by atoms with Gasteiger partial charge in [-0.25, -0.2) is 0 Å². The molecular weight excluding hydrogens is 230 g/mol. The van der Waals surface area contributed by atoms with E-state index in [1.807, 2.05) is 19.9 Å². The van der Waals surface area contributed by atoms with Crippen molar-refractivity contribution in [1.82, 2.24) is 15.6 Å². The van der Waals surface area contributed by atoms with E-state index in [1.54, 1.807) is 6.07 Å². The number of hydrogen-bond acceptors (Lipinski definition) is 3.